The van der Waals surface area contributed by atoms with Crippen molar-refractivity contribution in [2.24, 2.45) is 22.1 Å². The van der Waals surface area contributed by atoms with Gasteiger partial charge >= 0.3 is 0 Å². The number of Topliss-reactive ketones (excluding diaryl/α,β-unsaturated/α-hetero) is 1. The molecule has 9 heteroatoms. The molecule has 2 aromatic carbocycles. The quantitative estimate of drug-likeness (QED) is 0.638. The number of ketones is 1. The average molecular weight is 456 g/mol. The van der Waals surface area contributed by atoms with Crippen molar-refractivity contribution >= 4 is 63.6 Å². The lowest BCUT2D eigenvalue weighted by molar-refractivity contribution is -0.121. The first-order chi connectivity index (χ1) is 13.5. The molecular formula is C19H10Cl4N2O3. The van der Waals surface area contributed by atoms with Crippen LogP contribution in [0.2, 0.25) is 20.1 Å². The summed E-state index contributed by atoms with van der Waals surface area (Å²) in [5.74, 6) is -1.48. The molecule has 0 N–H and O–H groups in total. The zero-order valence-electron chi connectivity index (χ0n) is 13.9. The molecule has 0 spiro atoms. The van der Waals surface area contributed by atoms with E-state index in [9.17, 15) is 4.79 Å². The van der Waals surface area contributed by atoms with Crippen LogP contribution in [0.4, 0.5) is 0 Å². The van der Waals surface area contributed by atoms with Crippen molar-refractivity contribution in [3.8, 4) is 0 Å². The molecule has 3 aliphatic rings. The third-order valence-corrected chi connectivity index (χ3v) is 6.43. The molecule has 2 aromatic rings. The van der Waals surface area contributed by atoms with E-state index in [0.717, 1.165) is 0 Å². The smallest absolute Gasteiger partial charge is 0.183 e. The van der Waals surface area contributed by atoms with Crippen LogP contribution in [0.1, 0.15) is 11.1 Å². The van der Waals surface area contributed by atoms with Gasteiger partial charge in [0.05, 0.1) is 20.1 Å². The van der Waals surface area contributed by atoms with Crippen molar-refractivity contribution < 1.29 is 14.5 Å². The number of halogens is 4. The Balaban J connectivity index is 1.55. The van der Waals surface area contributed by atoms with Crippen LogP contribution in [-0.4, -0.2) is 29.4 Å². The van der Waals surface area contributed by atoms with E-state index < -0.39 is 24.0 Å². The minimum absolute atomic E-state index is 0.144. The van der Waals surface area contributed by atoms with Crippen molar-refractivity contribution in [1.29, 1.82) is 0 Å². The lowest BCUT2D eigenvalue weighted by Crippen LogP contribution is -2.29. The molecule has 5 rings (SSSR count). The van der Waals surface area contributed by atoms with Gasteiger partial charge in [-0.1, -0.05) is 68.8 Å². The van der Waals surface area contributed by atoms with Crippen LogP contribution in [-0.2, 0) is 14.5 Å². The summed E-state index contributed by atoms with van der Waals surface area (Å²) in [4.78, 5) is 24.5. The third kappa shape index (κ3) is 2.50. The maximum atomic E-state index is 13.4. The van der Waals surface area contributed by atoms with Gasteiger partial charge in [-0.25, -0.2) is 0 Å². The minimum atomic E-state index is -0.667. The fourth-order valence-electron chi connectivity index (χ4n) is 3.96. The van der Waals surface area contributed by atoms with E-state index in [1.165, 1.54) is 0 Å². The molecule has 142 valence electrons. The molecule has 0 bridgehead atoms. The number of carbonyl (C=O) groups is 1. The molecule has 0 aromatic heterocycles. The van der Waals surface area contributed by atoms with Crippen LogP contribution in [0.15, 0.2) is 46.7 Å². The van der Waals surface area contributed by atoms with Gasteiger partial charge in [0, 0.05) is 11.1 Å². The summed E-state index contributed by atoms with van der Waals surface area (Å²) in [6.45, 7) is 0. The summed E-state index contributed by atoms with van der Waals surface area (Å²) in [5, 5.41) is 9.77. The van der Waals surface area contributed by atoms with Crippen LogP contribution >= 0.6 is 46.4 Å². The van der Waals surface area contributed by atoms with E-state index in [-0.39, 0.29) is 5.78 Å². The van der Waals surface area contributed by atoms with Gasteiger partial charge in [-0.15, -0.1) is 0 Å². The Morgan fingerprint density at radius 1 is 0.679 bits per heavy atom. The van der Waals surface area contributed by atoms with Crippen LogP contribution in [0.5, 0.6) is 0 Å². The molecule has 0 saturated heterocycles. The molecule has 1 aliphatic carbocycles. The molecule has 2 heterocycles. The number of carbonyl (C=O) groups excluding carboxylic acids is 1. The molecule has 1 fully saturated rings. The van der Waals surface area contributed by atoms with Gasteiger partial charge in [0.1, 0.15) is 23.3 Å². The van der Waals surface area contributed by atoms with E-state index in [1.54, 1.807) is 36.4 Å². The Kier molecular flexibility index (Phi) is 4.32. The van der Waals surface area contributed by atoms with E-state index >= 15 is 0 Å². The van der Waals surface area contributed by atoms with Crippen molar-refractivity contribution in [3.63, 3.8) is 0 Å². The van der Waals surface area contributed by atoms with Crippen molar-refractivity contribution in [2.45, 2.75) is 12.2 Å². The molecular weight excluding hydrogens is 446 g/mol. The maximum Gasteiger partial charge on any atom is 0.183 e. The van der Waals surface area contributed by atoms with E-state index in [2.05, 4.69) is 10.3 Å². The minimum Gasteiger partial charge on any atom is -0.387 e. The Bertz CT molecular complexity index is 961. The Morgan fingerprint density at radius 3 is 1.39 bits per heavy atom. The first kappa shape index (κ1) is 18.3. The second-order valence-corrected chi connectivity index (χ2v) is 8.27. The van der Waals surface area contributed by atoms with E-state index in [1.807, 2.05) is 0 Å². The zero-order valence-corrected chi connectivity index (χ0v) is 16.9. The summed E-state index contributed by atoms with van der Waals surface area (Å²) in [7, 11) is 0. The van der Waals surface area contributed by atoms with Gasteiger partial charge in [-0.05, 0) is 24.3 Å². The van der Waals surface area contributed by atoms with Crippen LogP contribution in [0.25, 0.3) is 0 Å². The van der Waals surface area contributed by atoms with Crippen LogP contribution in [0, 0.1) is 11.8 Å². The molecule has 5 nitrogen and oxygen atoms in total. The first-order valence-corrected chi connectivity index (χ1v) is 9.90. The number of hydrogen-bond donors (Lipinski definition) is 0. The first-order valence-electron chi connectivity index (χ1n) is 8.39. The molecule has 0 radical (unpaired) electrons. The lowest BCUT2D eigenvalue weighted by atomic mass is 9.89. The van der Waals surface area contributed by atoms with Gasteiger partial charge in [0.15, 0.2) is 18.0 Å². The molecule has 1 saturated carbocycles. The van der Waals surface area contributed by atoms with Gasteiger partial charge in [-0.2, -0.15) is 0 Å². The molecule has 4 atom stereocenters. The summed E-state index contributed by atoms with van der Waals surface area (Å²) in [6.07, 6.45) is -1.25. The van der Waals surface area contributed by atoms with Gasteiger partial charge in [-0.3, -0.25) is 4.79 Å². The second kappa shape index (κ2) is 6.63. The maximum absolute atomic E-state index is 13.4. The highest BCUT2D eigenvalue weighted by atomic mass is 35.5. The summed E-state index contributed by atoms with van der Waals surface area (Å²) >= 11 is 25.2. The van der Waals surface area contributed by atoms with Gasteiger partial charge in [0.2, 0.25) is 0 Å². The summed E-state index contributed by atoms with van der Waals surface area (Å²) in [5.41, 5.74) is 1.77. The van der Waals surface area contributed by atoms with Gasteiger partial charge < -0.3 is 9.68 Å². The number of rotatable bonds is 2. The van der Waals surface area contributed by atoms with Crippen LogP contribution < -0.4 is 0 Å². The summed E-state index contributed by atoms with van der Waals surface area (Å²) < 4.78 is 0. The van der Waals surface area contributed by atoms with E-state index in [4.69, 9.17) is 56.1 Å². The standard InChI is InChI=1S/C19H10Cl4N2O3/c20-7-3-1-4-8(21)11(7)15-13-17(26)14-16(12-9(22)5-2-6-10(12)23)25-28-19(14)18(13)27-24-15/h1-6,13-14,18-19H/t13-,14-,18-,19-/m1/s1. The lowest BCUT2D eigenvalue weighted by Gasteiger charge is -2.13. The Hall–Kier alpha value is -1.79. The molecule has 0 unspecified atom stereocenters. The molecule has 0 amide bonds. The van der Waals surface area contributed by atoms with Crippen LogP contribution in [0.3, 0.4) is 0 Å². The number of oxime groups is 2. The van der Waals surface area contributed by atoms with Crippen molar-refractivity contribution in [1.82, 2.24) is 0 Å². The topological polar surface area (TPSA) is 60.2 Å². The van der Waals surface area contributed by atoms with Crippen molar-refractivity contribution in [3.05, 3.63) is 67.6 Å². The number of benzene rings is 2. The number of fused-ring (bicyclic) bond motifs is 3. The predicted molar refractivity (Wildman–Crippen MR) is 108 cm³/mol. The number of hydrogen-bond acceptors (Lipinski definition) is 5. The highest BCUT2D eigenvalue weighted by Crippen LogP contribution is 2.46. The van der Waals surface area contributed by atoms with Gasteiger partial charge in [0.25, 0.3) is 0 Å². The van der Waals surface area contributed by atoms with Crippen molar-refractivity contribution in [2.75, 3.05) is 0 Å². The highest BCUT2D eigenvalue weighted by Gasteiger charge is 2.63. The average Bonchev–Trinajstić information content (AvgIpc) is 3.31. The fraction of sp³-hybridized carbons (Fsp3) is 0.211. The fourth-order valence-corrected chi connectivity index (χ4v) is 5.14. The van der Waals surface area contributed by atoms with E-state index in [0.29, 0.717) is 42.6 Å². The zero-order chi connectivity index (χ0) is 19.6. The summed E-state index contributed by atoms with van der Waals surface area (Å²) in [6, 6.07) is 10.2. The number of nitrogens with zero attached hydrogens (tertiary/aromatic N) is 2. The normalized spacial score (nSPS) is 27.6. The molecule has 28 heavy (non-hydrogen) atoms. The highest BCUT2D eigenvalue weighted by molar-refractivity contribution is 6.43. The third-order valence-electron chi connectivity index (χ3n) is 5.17. The Labute approximate surface area is 179 Å². The largest absolute Gasteiger partial charge is 0.387 e. The second-order valence-electron chi connectivity index (χ2n) is 6.64. The SMILES string of the molecule is O=C1[C@H]2C(c3c(Cl)cccc3Cl)=NO[C@H]2[C@@H]2ON=C(c3c(Cl)cccc3Cl)[C@H]12. The predicted octanol–water partition coefficient (Wildman–Crippen LogP) is 5.02. The molecule has 2 aliphatic heterocycles. The Morgan fingerprint density at radius 2 is 1.04 bits per heavy atom. The monoisotopic (exact) mass is 454 g/mol.